The van der Waals surface area contributed by atoms with Crippen LogP contribution in [-0.4, -0.2) is 18.6 Å². The third-order valence-corrected chi connectivity index (χ3v) is 4.04. The lowest BCUT2D eigenvalue weighted by Gasteiger charge is -2.43. The third-order valence-electron chi connectivity index (χ3n) is 4.04. The molecule has 1 aromatic rings. The van der Waals surface area contributed by atoms with Crippen molar-refractivity contribution in [2.24, 2.45) is 5.41 Å². The second-order valence-corrected chi connectivity index (χ2v) is 6.40. The second-order valence-electron chi connectivity index (χ2n) is 6.40. The minimum atomic E-state index is -0.714. The molecule has 1 aromatic carbocycles. The number of halogens is 1. The summed E-state index contributed by atoms with van der Waals surface area (Å²) in [6.45, 7) is 4.33. The number of hydrogen-bond donors (Lipinski definition) is 1. The lowest BCUT2D eigenvalue weighted by atomic mass is 9.68. The lowest BCUT2D eigenvalue weighted by Crippen LogP contribution is -2.52. The summed E-state index contributed by atoms with van der Waals surface area (Å²) in [7, 11) is 1.41. The highest BCUT2D eigenvalue weighted by molar-refractivity contribution is 5.84. The Balaban J connectivity index is 2.28. The van der Waals surface area contributed by atoms with Crippen LogP contribution in [0, 0.1) is 11.2 Å². The van der Waals surface area contributed by atoms with Crippen LogP contribution in [0.1, 0.15) is 39.5 Å². The largest absolute Gasteiger partial charge is 0.467 e. The molecule has 0 aliphatic heterocycles. The topological polar surface area (TPSA) is 38.3 Å². The molecule has 3 nitrogen and oxygen atoms in total. The fraction of sp³-hybridized carbons (Fsp3) is 0.562. The predicted molar refractivity (Wildman–Crippen MR) is 77.0 cm³/mol. The number of nitrogens with one attached hydrogen (secondary N) is 1. The van der Waals surface area contributed by atoms with Crippen LogP contribution in [0.15, 0.2) is 24.3 Å². The summed E-state index contributed by atoms with van der Waals surface area (Å²) in [4.78, 5) is 12.3. The minimum Gasteiger partial charge on any atom is -0.467 e. The van der Waals surface area contributed by atoms with Crippen LogP contribution in [0.5, 0.6) is 0 Å². The average molecular weight is 279 g/mol. The first kappa shape index (κ1) is 14.8. The van der Waals surface area contributed by atoms with Gasteiger partial charge in [-0.05, 0) is 55.4 Å². The smallest absolute Gasteiger partial charge is 0.331 e. The van der Waals surface area contributed by atoms with E-state index in [4.69, 9.17) is 4.74 Å². The van der Waals surface area contributed by atoms with E-state index in [1.54, 1.807) is 12.1 Å². The van der Waals surface area contributed by atoms with Gasteiger partial charge < -0.3 is 10.1 Å². The molecule has 1 fully saturated rings. The molecule has 0 radical (unpaired) electrons. The maximum atomic E-state index is 13.0. The standard InChI is InChI=1S/C16H22FNO2/c1-15(2)9-4-10-16(11-15,14(19)20-3)18-13-7-5-12(17)6-8-13/h5-8,18H,4,9-11H2,1-3H3. The molecule has 1 aliphatic carbocycles. The molecular formula is C16H22FNO2. The van der Waals surface area contributed by atoms with Crippen molar-refractivity contribution in [1.29, 1.82) is 0 Å². The van der Waals surface area contributed by atoms with Gasteiger partial charge in [0.15, 0.2) is 0 Å². The number of ether oxygens (including phenoxy) is 1. The highest BCUT2D eigenvalue weighted by Crippen LogP contribution is 2.43. The first-order valence-electron chi connectivity index (χ1n) is 6.99. The van der Waals surface area contributed by atoms with Gasteiger partial charge in [-0.15, -0.1) is 0 Å². The van der Waals surface area contributed by atoms with Crippen LogP contribution < -0.4 is 5.32 Å². The van der Waals surface area contributed by atoms with Gasteiger partial charge in [0.1, 0.15) is 11.4 Å². The quantitative estimate of drug-likeness (QED) is 0.856. The predicted octanol–water partition coefficient (Wildman–Crippen LogP) is 3.75. The van der Waals surface area contributed by atoms with Crippen molar-refractivity contribution in [2.75, 3.05) is 12.4 Å². The van der Waals surface area contributed by atoms with Gasteiger partial charge >= 0.3 is 5.97 Å². The van der Waals surface area contributed by atoms with Crippen molar-refractivity contribution in [1.82, 2.24) is 0 Å². The fourth-order valence-corrected chi connectivity index (χ4v) is 3.20. The molecule has 110 valence electrons. The Labute approximate surface area is 119 Å². The number of hydrogen-bond acceptors (Lipinski definition) is 3. The van der Waals surface area contributed by atoms with E-state index in [1.807, 2.05) is 0 Å². The number of carbonyl (C=O) groups excluding carboxylic acids is 1. The SMILES string of the molecule is COC(=O)C1(Nc2ccc(F)cc2)CCCC(C)(C)C1. The Hall–Kier alpha value is -1.58. The van der Waals surface area contributed by atoms with E-state index >= 15 is 0 Å². The number of esters is 1. The Morgan fingerprint density at radius 2 is 1.90 bits per heavy atom. The van der Waals surface area contributed by atoms with Crippen LogP contribution in [0.2, 0.25) is 0 Å². The van der Waals surface area contributed by atoms with Gasteiger partial charge in [-0.2, -0.15) is 0 Å². The van der Waals surface area contributed by atoms with Crippen molar-refractivity contribution in [3.63, 3.8) is 0 Å². The molecule has 1 aliphatic rings. The normalized spacial score (nSPS) is 25.0. The van der Waals surface area contributed by atoms with Crippen molar-refractivity contribution in [3.05, 3.63) is 30.1 Å². The minimum absolute atomic E-state index is 0.0828. The van der Waals surface area contributed by atoms with Crippen molar-refractivity contribution < 1.29 is 13.9 Å². The molecule has 20 heavy (non-hydrogen) atoms. The van der Waals surface area contributed by atoms with Gasteiger partial charge in [-0.1, -0.05) is 13.8 Å². The Morgan fingerprint density at radius 3 is 2.45 bits per heavy atom. The highest BCUT2D eigenvalue weighted by atomic mass is 19.1. The maximum Gasteiger partial charge on any atom is 0.331 e. The summed E-state index contributed by atoms with van der Waals surface area (Å²) in [5.74, 6) is -0.527. The number of carbonyl (C=O) groups is 1. The van der Waals surface area contributed by atoms with E-state index in [9.17, 15) is 9.18 Å². The molecule has 0 bridgehead atoms. The molecule has 0 amide bonds. The second kappa shape index (κ2) is 5.43. The van der Waals surface area contributed by atoms with E-state index in [0.29, 0.717) is 6.42 Å². The van der Waals surface area contributed by atoms with Crippen LogP contribution in [-0.2, 0) is 9.53 Å². The molecule has 0 saturated heterocycles. The molecule has 0 aromatic heterocycles. The summed E-state index contributed by atoms with van der Waals surface area (Å²) >= 11 is 0. The van der Waals surface area contributed by atoms with Gasteiger partial charge in [-0.3, -0.25) is 0 Å². The van der Waals surface area contributed by atoms with E-state index in [1.165, 1.54) is 19.2 Å². The first-order valence-corrected chi connectivity index (χ1v) is 6.99. The van der Waals surface area contributed by atoms with Crippen molar-refractivity contribution in [3.8, 4) is 0 Å². The van der Waals surface area contributed by atoms with Crippen molar-refractivity contribution in [2.45, 2.75) is 45.1 Å². The molecule has 0 heterocycles. The van der Waals surface area contributed by atoms with Gasteiger partial charge in [0.2, 0.25) is 0 Å². The summed E-state index contributed by atoms with van der Waals surface area (Å²) in [6.07, 6.45) is 3.51. The summed E-state index contributed by atoms with van der Waals surface area (Å²) in [6, 6.07) is 6.09. The van der Waals surface area contributed by atoms with E-state index in [2.05, 4.69) is 19.2 Å². The zero-order valence-electron chi connectivity index (χ0n) is 12.3. The van der Waals surface area contributed by atoms with E-state index in [0.717, 1.165) is 24.9 Å². The summed E-state index contributed by atoms with van der Waals surface area (Å²) in [5, 5.41) is 3.29. The summed E-state index contributed by atoms with van der Waals surface area (Å²) < 4.78 is 18.0. The molecule has 0 spiro atoms. The zero-order valence-corrected chi connectivity index (χ0v) is 12.3. The maximum absolute atomic E-state index is 13.0. The third kappa shape index (κ3) is 3.11. The van der Waals surface area contributed by atoms with E-state index in [-0.39, 0.29) is 17.2 Å². The molecule has 1 unspecified atom stereocenters. The van der Waals surface area contributed by atoms with Gasteiger partial charge in [0.25, 0.3) is 0 Å². The first-order chi connectivity index (χ1) is 9.37. The highest BCUT2D eigenvalue weighted by Gasteiger charge is 2.46. The van der Waals surface area contributed by atoms with Crippen LogP contribution in [0.3, 0.4) is 0 Å². The lowest BCUT2D eigenvalue weighted by molar-refractivity contribution is -0.148. The molecule has 1 saturated carbocycles. The van der Waals surface area contributed by atoms with E-state index < -0.39 is 5.54 Å². The number of methoxy groups -OCH3 is 1. The Bertz CT molecular complexity index is 484. The number of rotatable bonds is 3. The molecule has 1 N–H and O–H groups in total. The monoisotopic (exact) mass is 279 g/mol. The number of benzene rings is 1. The van der Waals surface area contributed by atoms with Crippen LogP contribution in [0.25, 0.3) is 0 Å². The van der Waals surface area contributed by atoms with Gasteiger partial charge in [-0.25, -0.2) is 9.18 Å². The van der Waals surface area contributed by atoms with Crippen LogP contribution >= 0.6 is 0 Å². The fourth-order valence-electron chi connectivity index (χ4n) is 3.20. The van der Waals surface area contributed by atoms with Gasteiger partial charge in [0, 0.05) is 5.69 Å². The molecule has 4 heteroatoms. The van der Waals surface area contributed by atoms with Crippen molar-refractivity contribution >= 4 is 11.7 Å². The Morgan fingerprint density at radius 1 is 1.25 bits per heavy atom. The molecule has 1 atom stereocenters. The van der Waals surface area contributed by atoms with Crippen LogP contribution in [0.4, 0.5) is 10.1 Å². The molecular weight excluding hydrogens is 257 g/mol. The summed E-state index contributed by atoms with van der Waals surface area (Å²) in [5.41, 5.74) is 0.114. The zero-order chi connectivity index (χ0) is 14.8. The van der Waals surface area contributed by atoms with Gasteiger partial charge in [0.05, 0.1) is 7.11 Å². The molecule has 2 rings (SSSR count). The average Bonchev–Trinajstić information content (AvgIpc) is 2.39. The Kier molecular flexibility index (Phi) is 4.02. The number of anilines is 1.